The number of hydrogen-bond acceptors (Lipinski definition) is 5. The summed E-state index contributed by atoms with van der Waals surface area (Å²) in [6.07, 6.45) is -4.52. The summed E-state index contributed by atoms with van der Waals surface area (Å²) in [5, 5.41) is 19.1. The number of nitrogens with zero attached hydrogens (tertiary/aromatic N) is 1. The molecule has 7 nitrogen and oxygen atoms in total. The van der Waals surface area contributed by atoms with Gasteiger partial charge < -0.3 is 14.9 Å². The summed E-state index contributed by atoms with van der Waals surface area (Å²) in [5.74, 6) is 4.54. The van der Waals surface area contributed by atoms with Crippen molar-refractivity contribution in [2.45, 2.75) is 38.0 Å². The Morgan fingerprint density at radius 1 is 1.57 bits per heavy atom. The molecule has 1 aliphatic heterocycles. The molecule has 1 aliphatic rings. The monoisotopic (exact) mass is 298 g/mol. The highest BCUT2D eigenvalue weighted by Gasteiger charge is 2.58. The third-order valence-corrected chi connectivity index (χ3v) is 3.35. The first-order valence-electron chi connectivity index (χ1n) is 6.24. The molecule has 8 heteroatoms. The van der Waals surface area contributed by atoms with Crippen LogP contribution in [0.25, 0.3) is 0 Å². The van der Waals surface area contributed by atoms with Crippen molar-refractivity contribution < 1.29 is 19.3 Å². The Hall–Kier alpha value is -1.95. The number of rotatable bonds is 2. The van der Waals surface area contributed by atoms with Crippen molar-refractivity contribution in [3.8, 4) is 11.8 Å². The van der Waals surface area contributed by atoms with Crippen molar-refractivity contribution in [3.05, 3.63) is 32.6 Å². The first-order chi connectivity index (χ1) is 9.85. The average Bonchev–Trinajstić information content (AvgIpc) is 2.63. The van der Waals surface area contributed by atoms with Crippen LogP contribution in [-0.4, -0.2) is 44.2 Å². The summed E-state index contributed by atoms with van der Waals surface area (Å²) >= 11 is 0. The van der Waals surface area contributed by atoms with Gasteiger partial charge in [0.2, 0.25) is 5.67 Å². The lowest BCUT2D eigenvalue weighted by Gasteiger charge is -2.25. The number of nitrogens with one attached hydrogen (secondary N) is 1. The van der Waals surface area contributed by atoms with Gasteiger partial charge in [0.15, 0.2) is 6.23 Å². The van der Waals surface area contributed by atoms with E-state index in [2.05, 4.69) is 11.8 Å². The van der Waals surface area contributed by atoms with Crippen LogP contribution in [0.2, 0.25) is 0 Å². The number of alkyl halides is 1. The lowest BCUT2D eigenvalue weighted by molar-refractivity contribution is -0.0552. The van der Waals surface area contributed by atoms with E-state index in [1.807, 2.05) is 4.98 Å². The van der Waals surface area contributed by atoms with Crippen LogP contribution in [0.4, 0.5) is 4.39 Å². The molecular formula is C13H15FN2O5. The lowest BCUT2D eigenvalue weighted by Crippen LogP contribution is -2.45. The zero-order chi connectivity index (χ0) is 15.8. The van der Waals surface area contributed by atoms with Crippen molar-refractivity contribution in [2.24, 2.45) is 0 Å². The molecule has 0 spiro atoms. The number of aliphatic hydroxyl groups excluding tert-OH is 2. The molecular weight excluding hydrogens is 283 g/mol. The topological polar surface area (TPSA) is 105 Å². The molecule has 0 radical (unpaired) electrons. The minimum atomic E-state index is -2.57. The summed E-state index contributed by atoms with van der Waals surface area (Å²) in [6.45, 7) is 2.17. The maximum absolute atomic E-state index is 15.0. The molecule has 4 atom stereocenters. The Morgan fingerprint density at radius 2 is 2.24 bits per heavy atom. The van der Waals surface area contributed by atoms with Crippen LogP contribution in [0.5, 0.6) is 0 Å². The number of ether oxygens (including phenoxy) is 1. The maximum atomic E-state index is 15.0. The fourth-order valence-electron chi connectivity index (χ4n) is 2.39. The van der Waals surface area contributed by atoms with E-state index < -0.39 is 42.0 Å². The van der Waals surface area contributed by atoms with E-state index in [4.69, 9.17) is 9.84 Å². The molecule has 1 fully saturated rings. The van der Waals surface area contributed by atoms with Crippen molar-refractivity contribution in [1.82, 2.24) is 9.55 Å². The Labute approximate surface area is 119 Å². The number of aryl methyl sites for hydroxylation is 1. The van der Waals surface area contributed by atoms with E-state index in [9.17, 15) is 14.7 Å². The number of hydrogen-bond donors (Lipinski definition) is 3. The second-order valence-corrected chi connectivity index (χ2v) is 4.75. The molecule has 3 N–H and O–H groups in total. The molecule has 21 heavy (non-hydrogen) atoms. The third kappa shape index (κ3) is 2.40. The fourth-order valence-corrected chi connectivity index (χ4v) is 2.39. The van der Waals surface area contributed by atoms with Gasteiger partial charge in [-0.3, -0.25) is 14.3 Å². The van der Waals surface area contributed by atoms with Crippen LogP contribution in [0.15, 0.2) is 15.7 Å². The van der Waals surface area contributed by atoms with E-state index in [-0.39, 0.29) is 5.69 Å². The van der Waals surface area contributed by atoms with Gasteiger partial charge >= 0.3 is 5.69 Å². The second-order valence-electron chi connectivity index (χ2n) is 4.75. The highest BCUT2D eigenvalue weighted by molar-refractivity contribution is 5.23. The van der Waals surface area contributed by atoms with Gasteiger partial charge in [0, 0.05) is 11.8 Å². The van der Waals surface area contributed by atoms with Gasteiger partial charge in [-0.25, -0.2) is 9.18 Å². The highest BCUT2D eigenvalue weighted by atomic mass is 19.1. The van der Waals surface area contributed by atoms with E-state index >= 15 is 4.39 Å². The maximum Gasteiger partial charge on any atom is 0.330 e. The predicted octanol–water partition coefficient (Wildman–Crippen LogP) is -1.17. The molecule has 1 aromatic rings. The minimum Gasteiger partial charge on any atom is -0.394 e. The van der Waals surface area contributed by atoms with Gasteiger partial charge in [0.25, 0.3) is 5.56 Å². The molecule has 2 rings (SSSR count). The summed E-state index contributed by atoms with van der Waals surface area (Å²) in [7, 11) is 0. The van der Waals surface area contributed by atoms with Gasteiger partial charge in [-0.2, -0.15) is 0 Å². The number of aromatic amines is 1. The first kappa shape index (κ1) is 15.4. The van der Waals surface area contributed by atoms with Gasteiger partial charge in [-0.15, -0.1) is 5.92 Å². The molecule has 0 amide bonds. The molecule has 0 aliphatic carbocycles. The second kappa shape index (κ2) is 5.44. The Balaban J connectivity index is 2.64. The van der Waals surface area contributed by atoms with Crippen molar-refractivity contribution in [2.75, 3.05) is 6.61 Å². The zero-order valence-corrected chi connectivity index (χ0v) is 11.5. The molecule has 1 aromatic heterocycles. The van der Waals surface area contributed by atoms with E-state index in [0.29, 0.717) is 0 Å². The van der Waals surface area contributed by atoms with Crippen molar-refractivity contribution in [1.29, 1.82) is 0 Å². The molecule has 0 aromatic carbocycles. The molecule has 1 saturated heterocycles. The molecule has 2 heterocycles. The molecule has 0 bridgehead atoms. The number of aromatic nitrogens is 2. The number of aliphatic hydroxyl groups is 2. The first-order valence-corrected chi connectivity index (χ1v) is 6.24. The van der Waals surface area contributed by atoms with Gasteiger partial charge in [0.1, 0.15) is 12.2 Å². The standard InChI is InChI=1S/C13H15FN2O5/c1-3-4-13(14)10(19)8(6-17)21-11(13)16-7(2)5-9(18)15-12(16)20/h5,8,10-11,17,19H,6H2,1-2H3,(H,15,18,20)/t8?,10-,11?,13?/m0/s1. The van der Waals surface area contributed by atoms with Crippen LogP contribution < -0.4 is 11.2 Å². The largest absolute Gasteiger partial charge is 0.394 e. The third-order valence-electron chi connectivity index (χ3n) is 3.35. The van der Waals surface area contributed by atoms with E-state index in [0.717, 1.165) is 10.6 Å². The Bertz CT molecular complexity index is 716. The summed E-state index contributed by atoms with van der Waals surface area (Å²) in [5.41, 5.74) is -3.93. The SMILES string of the molecule is CC#CC1(F)C(n2c(C)cc(=O)[nH]c2=O)OC(CO)[C@@H]1O. The van der Waals surface area contributed by atoms with Crippen LogP contribution in [0, 0.1) is 18.8 Å². The van der Waals surface area contributed by atoms with Gasteiger partial charge in [-0.1, -0.05) is 5.92 Å². The van der Waals surface area contributed by atoms with Crippen LogP contribution in [-0.2, 0) is 4.74 Å². The quantitative estimate of drug-likeness (QED) is 0.597. The Kier molecular flexibility index (Phi) is 4.00. The summed E-state index contributed by atoms with van der Waals surface area (Å²) < 4.78 is 21.2. The normalized spacial score (nSPS) is 31.8. The summed E-state index contributed by atoms with van der Waals surface area (Å²) in [4.78, 5) is 25.1. The van der Waals surface area contributed by atoms with Crippen molar-refractivity contribution in [3.63, 3.8) is 0 Å². The average molecular weight is 298 g/mol. The fraction of sp³-hybridized carbons (Fsp3) is 0.538. The summed E-state index contributed by atoms with van der Waals surface area (Å²) in [6, 6.07) is 1.10. The molecule has 0 saturated carbocycles. The molecule has 114 valence electrons. The molecule has 3 unspecified atom stereocenters. The van der Waals surface area contributed by atoms with E-state index in [1.165, 1.54) is 13.8 Å². The van der Waals surface area contributed by atoms with Crippen LogP contribution >= 0.6 is 0 Å². The zero-order valence-electron chi connectivity index (χ0n) is 11.5. The highest BCUT2D eigenvalue weighted by Crippen LogP contribution is 2.40. The predicted molar refractivity (Wildman–Crippen MR) is 70.4 cm³/mol. The smallest absolute Gasteiger partial charge is 0.330 e. The van der Waals surface area contributed by atoms with E-state index in [1.54, 1.807) is 0 Å². The van der Waals surface area contributed by atoms with Crippen LogP contribution in [0.3, 0.4) is 0 Å². The van der Waals surface area contributed by atoms with Crippen LogP contribution in [0.1, 0.15) is 18.8 Å². The van der Waals surface area contributed by atoms with Gasteiger partial charge in [0.05, 0.1) is 6.61 Å². The van der Waals surface area contributed by atoms with Crippen molar-refractivity contribution >= 4 is 0 Å². The van der Waals surface area contributed by atoms with Gasteiger partial charge in [-0.05, 0) is 13.8 Å². The number of H-pyrrole nitrogens is 1. The lowest BCUT2D eigenvalue weighted by atomic mass is 9.96. The Morgan fingerprint density at radius 3 is 2.76 bits per heavy atom. The number of halogens is 1. The minimum absolute atomic E-state index is 0.152.